The van der Waals surface area contributed by atoms with Crippen LogP contribution in [0.25, 0.3) is 0 Å². The maximum Gasteiger partial charge on any atom is 0.225 e. The van der Waals surface area contributed by atoms with Gasteiger partial charge in [0.2, 0.25) is 5.95 Å². The summed E-state index contributed by atoms with van der Waals surface area (Å²) >= 11 is 0. The molecule has 82 valence electrons. The van der Waals surface area contributed by atoms with Crippen LogP contribution in [-0.2, 0) is 0 Å². The lowest BCUT2D eigenvalue weighted by Gasteiger charge is -2.35. The van der Waals surface area contributed by atoms with Crippen molar-refractivity contribution in [1.29, 1.82) is 0 Å². The third-order valence-electron chi connectivity index (χ3n) is 2.62. The van der Waals surface area contributed by atoms with Crippen LogP contribution < -0.4 is 10.2 Å². The van der Waals surface area contributed by atoms with Crippen LogP contribution in [-0.4, -0.2) is 47.4 Å². The van der Waals surface area contributed by atoms with Gasteiger partial charge >= 0.3 is 0 Å². The van der Waals surface area contributed by atoms with E-state index in [2.05, 4.69) is 20.2 Å². The Morgan fingerprint density at radius 3 is 3.00 bits per heavy atom. The van der Waals surface area contributed by atoms with Crippen molar-refractivity contribution < 1.29 is 5.11 Å². The van der Waals surface area contributed by atoms with Crippen LogP contribution in [0.5, 0.6) is 0 Å². The van der Waals surface area contributed by atoms with Crippen LogP contribution in [0.15, 0.2) is 18.5 Å². The van der Waals surface area contributed by atoms with E-state index in [0.717, 1.165) is 32.0 Å². The molecule has 2 heterocycles. The summed E-state index contributed by atoms with van der Waals surface area (Å²) in [5.74, 6) is 0.762. The first kappa shape index (κ1) is 10.3. The van der Waals surface area contributed by atoms with Gasteiger partial charge < -0.3 is 15.3 Å². The van der Waals surface area contributed by atoms with Crippen molar-refractivity contribution in [3.05, 3.63) is 18.5 Å². The van der Waals surface area contributed by atoms with Gasteiger partial charge in [0.25, 0.3) is 0 Å². The smallest absolute Gasteiger partial charge is 0.225 e. The molecule has 15 heavy (non-hydrogen) atoms. The van der Waals surface area contributed by atoms with E-state index in [0.29, 0.717) is 6.04 Å². The van der Waals surface area contributed by atoms with E-state index >= 15 is 0 Å². The average Bonchev–Trinajstić information content (AvgIpc) is 2.31. The largest absolute Gasteiger partial charge is 0.396 e. The van der Waals surface area contributed by atoms with Crippen LogP contribution in [0.4, 0.5) is 5.95 Å². The molecule has 0 spiro atoms. The number of aliphatic hydroxyl groups excluding tert-OH is 1. The molecule has 0 aromatic carbocycles. The van der Waals surface area contributed by atoms with Crippen molar-refractivity contribution in [3.8, 4) is 0 Å². The highest BCUT2D eigenvalue weighted by Gasteiger charge is 2.23. The van der Waals surface area contributed by atoms with E-state index in [1.54, 1.807) is 12.4 Å². The topological polar surface area (TPSA) is 61.3 Å². The molecule has 1 aromatic rings. The summed E-state index contributed by atoms with van der Waals surface area (Å²) < 4.78 is 0. The van der Waals surface area contributed by atoms with E-state index < -0.39 is 0 Å². The Labute approximate surface area is 89.2 Å². The fourth-order valence-electron chi connectivity index (χ4n) is 1.87. The highest BCUT2D eigenvalue weighted by Crippen LogP contribution is 2.13. The highest BCUT2D eigenvalue weighted by atomic mass is 16.3. The Morgan fingerprint density at radius 1 is 1.47 bits per heavy atom. The minimum atomic E-state index is 0.204. The summed E-state index contributed by atoms with van der Waals surface area (Å²) in [5, 5.41) is 12.3. The first-order valence-corrected chi connectivity index (χ1v) is 5.27. The lowest BCUT2D eigenvalue weighted by Crippen LogP contribution is -2.52. The molecule has 2 N–H and O–H groups in total. The third-order valence-corrected chi connectivity index (χ3v) is 2.62. The summed E-state index contributed by atoms with van der Waals surface area (Å²) in [6.07, 6.45) is 4.26. The molecule has 5 nitrogen and oxygen atoms in total. The van der Waals surface area contributed by atoms with E-state index in [9.17, 15) is 0 Å². The molecule has 0 aliphatic carbocycles. The van der Waals surface area contributed by atoms with Crippen molar-refractivity contribution in [1.82, 2.24) is 15.3 Å². The zero-order chi connectivity index (χ0) is 10.5. The number of nitrogens with one attached hydrogen (secondary N) is 1. The normalized spacial score (nSPS) is 21.7. The summed E-state index contributed by atoms with van der Waals surface area (Å²) in [5.41, 5.74) is 0. The standard InChI is InChI=1S/C10H16N4O/c15-7-2-9-8-11-5-6-14(9)10-12-3-1-4-13-10/h1,3-4,9,11,15H,2,5-8H2. The first-order chi connectivity index (χ1) is 7.42. The van der Waals surface area contributed by atoms with Gasteiger partial charge in [-0.2, -0.15) is 0 Å². The second-order valence-corrected chi connectivity index (χ2v) is 3.61. The number of aromatic nitrogens is 2. The van der Waals surface area contributed by atoms with Gasteiger partial charge in [-0.15, -0.1) is 0 Å². The Kier molecular flexibility index (Phi) is 3.47. The molecule has 0 amide bonds. The van der Waals surface area contributed by atoms with Crippen LogP contribution in [0.1, 0.15) is 6.42 Å². The highest BCUT2D eigenvalue weighted by molar-refractivity contribution is 5.31. The van der Waals surface area contributed by atoms with Crippen LogP contribution in [0.2, 0.25) is 0 Å². The van der Waals surface area contributed by atoms with Gasteiger partial charge in [-0.3, -0.25) is 0 Å². The number of rotatable bonds is 3. The van der Waals surface area contributed by atoms with E-state index in [1.807, 2.05) is 6.07 Å². The summed E-state index contributed by atoms with van der Waals surface area (Å²) in [6, 6.07) is 2.11. The molecule has 1 aliphatic heterocycles. The first-order valence-electron chi connectivity index (χ1n) is 5.27. The minimum Gasteiger partial charge on any atom is -0.396 e. The van der Waals surface area contributed by atoms with Crippen LogP contribution >= 0.6 is 0 Å². The van der Waals surface area contributed by atoms with Crippen molar-refractivity contribution in [3.63, 3.8) is 0 Å². The number of hydrogen-bond acceptors (Lipinski definition) is 5. The SMILES string of the molecule is OCCC1CNCCN1c1ncccn1. The van der Waals surface area contributed by atoms with Gasteiger partial charge in [-0.1, -0.05) is 0 Å². The predicted octanol–water partition coefficient (Wildman–Crippen LogP) is -0.363. The molecule has 1 atom stereocenters. The zero-order valence-electron chi connectivity index (χ0n) is 8.63. The van der Waals surface area contributed by atoms with Gasteiger partial charge in [-0.05, 0) is 12.5 Å². The maximum atomic E-state index is 8.99. The predicted molar refractivity (Wildman–Crippen MR) is 57.7 cm³/mol. The van der Waals surface area contributed by atoms with Crippen molar-refractivity contribution in [2.24, 2.45) is 0 Å². The fraction of sp³-hybridized carbons (Fsp3) is 0.600. The number of piperazine rings is 1. The average molecular weight is 208 g/mol. The molecule has 1 unspecified atom stereocenters. The van der Waals surface area contributed by atoms with Gasteiger partial charge in [-0.25, -0.2) is 9.97 Å². The van der Waals surface area contributed by atoms with Crippen LogP contribution in [0.3, 0.4) is 0 Å². The van der Waals surface area contributed by atoms with Gasteiger partial charge in [0.05, 0.1) is 0 Å². The minimum absolute atomic E-state index is 0.204. The Morgan fingerprint density at radius 2 is 2.27 bits per heavy atom. The molecule has 1 aromatic heterocycles. The molecule has 1 fully saturated rings. The lowest BCUT2D eigenvalue weighted by atomic mass is 10.1. The maximum absolute atomic E-state index is 8.99. The summed E-state index contributed by atoms with van der Waals surface area (Å²) in [4.78, 5) is 10.6. The van der Waals surface area contributed by atoms with Crippen LogP contribution in [0, 0.1) is 0 Å². The second kappa shape index (κ2) is 5.04. The second-order valence-electron chi connectivity index (χ2n) is 3.61. The Hall–Kier alpha value is -1.20. The molecule has 2 rings (SSSR count). The molecule has 0 bridgehead atoms. The monoisotopic (exact) mass is 208 g/mol. The molecule has 1 saturated heterocycles. The molecule has 1 aliphatic rings. The fourth-order valence-corrected chi connectivity index (χ4v) is 1.87. The zero-order valence-corrected chi connectivity index (χ0v) is 8.63. The van der Waals surface area contributed by atoms with Crippen molar-refractivity contribution in [2.75, 3.05) is 31.1 Å². The number of anilines is 1. The van der Waals surface area contributed by atoms with E-state index in [-0.39, 0.29) is 6.61 Å². The molecular weight excluding hydrogens is 192 g/mol. The Bertz CT molecular complexity index is 291. The lowest BCUT2D eigenvalue weighted by molar-refractivity contribution is 0.265. The molecule has 5 heteroatoms. The molecular formula is C10H16N4O. The summed E-state index contributed by atoms with van der Waals surface area (Å²) in [6.45, 7) is 2.93. The van der Waals surface area contributed by atoms with Gasteiger partial charge in [0.1, 0.15) is 0 Å². The van der Waals surface area contributed by atoms with Crippen molar-refractivity contribution >= 4 is 5.95 Å². The molecule has 0 radical (unpaired) electrons. The van der Waals surface area contributed by atoms with E-state index in [4.69, 9.17) is 5.11 Å². The Balaban J connectivity index is 2.11. The van der Waals surface area contributed by atoms with Gasteiger partial charge in [0, 0.05) is 44.7 Å². The van der Waals surface area contributed by atoms with Gasteiger partial charge in [0.15, 0.2) is 0 Å². The molecule has 0 saturated carbocycles. The number of nitrogens with zero attached hydrogens (tertiary/aromatic N) is 3. The third kappa shape index (κ3) is 2.43. The quantitative estimate of drug-likeness (QED) is 0.710. The van der Waals surface area contributed by atoms with E-state index in [1.165, 1.54) is 0 Å². The number of aliphatic hydroxyl groups is 1. The summed E-state index contributed by atoms with van der Waals surface area (Å²) in [7, 11) is 0. The number of hydrogen-bond donors (Lipinski definition) is 2. The van der Waals surface area contributed by atoms with Crippen molar-refractivity contribution in [2.45, 2.75) is 12.5 Å².